The van der Waals surface area contributed by atoms with Crippen molar-refractivity contribution in [3.05, 3.63) is 0 Å². The Morgan fingerprint density at radius 3 is 2.25 bits per heavy atom. The molecule has 1 saturated carbocycles. The first-order chi connectivity index (χ1) is 5.54. The van der Waals surface area contributed by atoms with Crippen LogP contribution in [-0.2, 0) is 0 Å². The van der Waals surface area contributed by atoms with E-state index in [1.54, 1.807) is 0 Å². The van der Waals surface area contributed by atoms with Gasteiger partial charge in [0.2, 0.25) is 0 Å². The van der Waals surface area contributed by atoms with E-state index in [2.05, 4.69) is 25.7 Å². The van der Waals surface area contributed by atoms with Crippen molar-refractivity contribution in [3.63, 3.8) is 0 Å². The summed E-state index contributed by atoms with van der Waals surface area (Å²) in [6, 6.07) is 0. The zero-order valence-corrected chi connectivity index (χ0v) is 8.64. The third-order valence-corrected chi connectivity index (χ3v) is 3.23. The maximum Gasteiger partial charge on any atom is 0.00130 e. The quantitative estimate of drug-likeness (QED) is 0.610. The molecule has 2 unspecified atom stereocenters. The van der Waals surface area contributed by atoms with E-state index >= 15 is 0 Å². The van der Waals surface area contributed by atoms with Crippen molar-refractivity contribution in [3.8, 4) is 0 Å². The lowest BCUT2D eigenvalue weighted by atomic mass is 9.92. The average Bonchev–Trinajstić information content (AvgIpc) is 2.54. The molecule has 1 heterocycles. The van der Waals surface area contributed by atoms with Gasteiger partial charge in [-0.15, -0.1) is 0 Å². The Bertz CT molecular complexity index is 158. The van der Waals surface area contributed by atoms with Crippen LogP contribution in [0.4, 0.5) is 0 Å². The number of piperidine rings is 1. The van der Waals surface area contributed by atoms with E-state index in [0.29, 0.717) is 5.41 Å². The minimum Gasteiger partial charge on any atom is -0.303 e. The van der Waals surface area contributed by atoms with Gasteiger partial charge in [0.05, 0.1) is 0 Å². The van der Waals surface area contributed by atoms with Crippen molar-refractivity contribution in [2.45, 2.75) is 33.6 Å². The molecule has 0 aromatic rings. The summed E-state index contributed by atoms with van der Waals surface area (Å²) in [6.07, 6.45) is 2.89. The molecule has 1 heteroatoms. The van der Waals surface area contributed by atoms with E-state index in [4.69, 9.17) is 0 Å². The monoisotopic (exact) mass is 167 g/mol. The molecule has 1 aliphatic heterocycles. The first-order valence-corrected chi connectivity index (χ1v) is 5.27. The molecule has 0 bridgehead atoms. The minimum atomic E-state index is 0.521. The van der Waals surface area contributed by atoms with Crippen LogP contribution in [-0.4, -0.2) is 24.5 Å². The summed E-state index contributed by atoms with van der Waals surface area (Å²) in [6.45, 7) is 11.1. The third-order valence-electron chi connectivity index (χ3n) is 3.23. The topological polar surface area (TPSA) is 3.24 Å². The van der Waals surface area contributed by atoms with Crippen LogP contribution in [0.2, 0.25) is 0 Å². The van der Waals surface area contributed by atoms with Gasteiger partial charge >= 0.3 is 0 Å². The van der Waals surface area contributed by atoms with E-state index in [0.717, 1.165) is 11.8 Å². The number of fused-ring (bicyclic) bond motifs is 1. The molecular formula is C11H21N. The van der Waals surface area contributed by atoms with Crippen molar-refractivity contribution < 1.29 is 0 Å². The number of likely N-dealkylation sites (tertiary alicyclic amines) is 1. The summed E-state index contributed by atoms with van der Waals surface area (Å²) in [5.41, 5.74) is 0.521. The smallest absolute Gasteiger partial charge is 0.00130 e. The fourth-order valence-electron chi connectivity index (χ4n) is 2.17. The van der Waals surface area contributed by atoms with Gasteiger partial charge in [-0.25, -0.2) is 0 Å². The van der Waals surface area contributed by atoms with Gasteiger partial charge in [0, 0.05) is 13.1 Å². The molecule has 2 rings (SSSR count). The summed E-state index contributed by atoms with van der Waals surface area (Å²) in [5, 5.41) is 0. The lowest BCUT2D eigenvalue weighted by Gasteiger charge is -2.23. The molecule has 70 valence electrons. The normalized spacial score (nSPS) is 35.2. The van der Waals surface area contributed by atoms with Gasteiger partial charge in [-0.05, 0) is 36.6 Å². The second-order valence-corrected chi connectivity index (χ2v) is 5.83. The molecule has 0 aromatic carbocycles. The molecule has 0 radical (unpaired) electrons. The highest BCUT2D eigenvalue weighted by atomic mass is 15.2. The molecule has 2 atom stereocenters. The number of rotatable bonds is 2. The molecule has 2 fully saturated rings. The molecule has 0 spiro atoms. The zero-order chi connectivity index (χ0) is 8.77. The fourth-order valence-corrected chi connectivity index (χ4v) is 2.17. The van der Waals surface area contributed by atoms with Gasteiger partial charge in [-0.3, -0.25) is 0 Å². The largest absolute Gasteiger partial charge is 0.303 e. The molecule has 1 aliphatic carbocycles. The molecule has 12 heavy (non-hydrogen) atoms. The Morgan fingerprint density at radius 1 is 1.17 bits per heavy atom. The van der Waals surface area contributed by atoms with Crippen LogP contribution < -0.4 is 0 Å². The number of hydrogen-bond donors (Lipinski definition) is 0. The van der Waals surface area contributed by atoms with E-state index in [-0.39, 0.29) is 0 Å². The predicted octanol–water partition coefficient (Wildman–Crippen LogP) is 2.37. The van der Waals surface area contributed by atoms with Crippen LogP contribution in [0.3, 0.4) is 0 Å². The number of hydrogen-bond acceptors (Lipinski definition) is 1. The van der Waals surface area contributed by atoms with Gasteiger partial charge in [-0.1, -0.05) is 20.8 Å². The summed E-state index contributed by atoms with van der Waals surface area (Å²) >= 11 is 0. The summed E-state index contributed by atoms with van der Waals surface area (Å²) in [5.74, 6) is 2.20. The van der Waals surface area contributed by atoms with Crippen molar-refractivity contribution in [2.24, 2.45) is 17.3 Å². The third kappa shape index (κ3) is 2.01. The van der Waals surface area contributed by atoms with E-state index in [1.165, 1.54) is 32.5 Å². The molecular weight excluding hydrogens is 146 g/mol. The second kappa shape index (κ2) is 2.73. The van der Waals surface area contributed by atoms with E-state index < -0.39 is 0 Å². The van der Waals surface area contributed by atoms with Gasteiger partial charge in [0.25, 0.3) is 0 Å². The summed E-state index contributed by atoms with van der Waals surface area (Å²) in [4.78, 5) is 2.66. The second-order valence-electron chi connectivity index (χ2n) is 5.83. The maximum absolute atomic E-state index is 2.66. The molecule has 0 aromatic heterocycles. The maximum atomic E-state index is 2.66. The van der Waals surface area contributed by atoms with Crippen LogP contribution in [0.5, 0.6) is 0 Å². The van der Waals surface area contributed by atoms with Crippen LogP contribution in [0.25, 0.3) is 0 Å². The summed E-state index contributed by atoms with van der Waals surface area (Å²) in [7, 11) is 0. The molecule has 1 nitrogen and oxygen atoms in total. The predicted molar refractivity (Wildman–Crippen MR) is 52.1 cm³/mol. The van der Waals surface area contributed by atoms with Gasteiger partial charge in [-0.2, -0.15) is 0 Å². The van der Waals surface area contributed by atoms with Crippen LogP contribution >= 0.6 is 0 Å². The summed E-state index contributed by atoms with van der Waals surface area (Å²) < 4.78 is 0. The van der Waals surface area contributed by atoms with Crippen molar-refractivity contribution in [2.75, 3.05) is 19.6 Å². The first-order valence-electron chi connectivity index (χ1n) is 5.27. The number of nitrogens with zero attached hydrogens (tertiary/aromatic N) is 1. The van der Waals surface area contributed by atoms with Crippen LogP contribution in [0.1, 0.15) is 33.6 Å². The van der Waals surface area contributed by atoms with Crippen LogP contribution in [0.15, 0.2) is 0 Å². The minimum absolute atomic E-state index is 0.521. The van der Waals surface area contributed by atoms with Crippen molar-refractivity contribution >= 4 is 0 Å². The SMILES string of the molecule is CC(C)(C)CCN1CC2CC2C1. The lowest BCUT2D eigenvalue weighted by Crippen LogP contribution is -2.26. The Morgan fingerprint density at radius 2 is 1.75 bits per heavy atom. The standard InChI is InChI=1S/C11H21N/c1-11(2,3)4-5-12-7-9-6-10(9)8-12/h9-10H,4-8H2,1-3H3. The van der Waals surface area contributed by atoms with Gasteiger partial charge in [0.15, 0.2) is 0 Å². The van der Waals surface area contributed by atoms with Crippen molar-refractivity contribution in [1.82, 2.24) is 4.90 Å². The highest BCUT2D eigenvalue weighted by Gasteiger charge is 2.44. The Kier molecular flexibility index (Phi) is 1.95. The van der Waals surface area contributed by atoms with Gasteiger partial charge in [0.1, 0.15) is 0 Å². The first kappa shape index (κ1) is 8.55. The highest BCUT2D eigenvalue weighted by molar-refractivity contribution is 4.96. The van der Waals surface area contributed by atoms with Crippen LogP contribution in [0, 0.1) is 17.3 Å². The van der Waals surface area contributed by atoms with Crippen molar-refractivity contribution in [1.29, 1.82) is 0 Å². The zero-order valence-electron chi connectivity index (χ0n) is 8.64. The molecule has 0 N–H and O–H groups in total. The lowest BCUT2D eigenvalue weighted by molar-refractivity contribution is 0.247. The fraction of sp³-hybridized carbons (Fsp3) is 1.00. The Hall–Kier alpha value is -0.0400. The highest BCUT2D eigenvalue weighted by Crippen LogP contribution is 2.45. The van der Waals surface area contributed by atoms with E-state index in [1.807, 2.05) is 0 Å². The Labute approximate surface area is 76.1 Å². The molecule has 0 amide bonds. The Balaban J connectivity index is 1.68. The van der Waals surface area contributed by atoms with Gasteiger partial charge < -0.3 is 4.90 Å². The molecule has 2 aliphatic rings. The molecule has 1 saturated heterocycles. The average molecular weight is 167 g/mol. The van der Waals surface area contributed by atoms with E-state index in [9.17, 15) is 0 Å².